The van der Waals surface area contributed by atoms with E-state index in [1.165, 1.54) is 0 Å². The molecular weight excluding hydrogens is 82.0 g/mol. The van der Waals surface area contributed by atoms with Crippen LogP contribution in [0.1, 0.15) is 0 Å². The third-order valence-electron chi connectivity index (χ3n) is 0. The van der Waals surface area contributed by atoms with E-state index in [1.807, 2.05) is 0 Å². The van der Waals surface area contributed by atoms with E-state index in [0.29, 0.717) is 0 Å². The molecule has 0 saturated carbocycles. The van der Waals surface area contributed by atoms with Gasteiger partial charge in [-0.2, -0.15) is 13.5 Å². The number of hydrogen-bond donors (Lipinski definition) is 0. The van der Waals surface area contributed by atoms with Gasteiger partial charge in [0.15, 0.2) is 17.4 Å². The van der Waals surface area contributed by atoms with Crippen LogP contribution in [-0.2, 0) is 0 Å². The minimum atomic E-state index is 0. The van der Waals surface area contributed by atoms with E-state index in [4.69, 9.17) is 0 Å². The maximum absolute atomic E-state index is 0. The first-order valence-electron chi connectivity index (χ1n) is 0. The monoisotopic (exact) mass is 90.0 g/mol. The van der Waals surface area contributed by atoms with Crippen molar-refractivity contribution >= 4 is 49.7 Å². The zero-order valence-electron chi connectivity index (χ0n) is 1.00. The van der Waals surface area contributed by atoms with Crippen molar-refractivity contribution < 1.29 is 5.48 Å². The van der Waals surface area contributed by atoms with Crippen molar-refractivity contribution in [3.8, 4) is 0 Å². The van der Waals surface area contributed by atoms with Gasteiger partial charge in [0, 0.05) is 0 Å². The molecule has 0 aromatic carbocycles. The Morgan fingerprint density at radius 3 is 1.00 bits per heavy atom. The van der Waals surface area contributed by atoms with Crippen LogP contribution >= 0.6 is 13.5 Å². The second-order valence-electron chi connectivity index (χ2n) is 0. The van der Waals surface area contributed by atoms with Gasteiger partial charge in [-0.05, 0) is 0 Å². The van der Waals surface area contributed by atoms with Crippen LogP contribution in [-0.4, -0.2) is 41.7 Å². The van der Waals surface area contributed by atoms with Gasteiger partial charge in [-0.1, -0.05) is 0 Å². The molecular formula is H8AlLiOS. The Balaban J connectivity index is 0. The van der Waals surface area contributed by atoms with Crippen LogP contribution in [0, 0.1) is 0 Å². The second-order valence-corrected chi connectivity index (χ2v) is 0. The SMILES string of the molecule is O.S.[AlH3].[LiH]. The van der Waals surface area contributed by atoms with E-state index >= 15 is 0 Å². The van der Waals surface area contributed by atoms with Crippen LogP contribution < -0.4 is 0 Å². The summed E-state index contributed by atoms with van der Waals surface area (Å²) in [4.78, 5) is 0. The Morgan fingerprint density at radius 1 is 1.00 bits per heavy atom. The Bertz CT molecular complexity index is 8.00. The molecule has 24 valence electrons. The normalized spacial score (nSPS) is 0. The third-order valence-corrected chi connectivity index (χ3v) is 0. The average molecular weight is 90.1 g/mol. The predicted octanol–water partition coefficient (Wildman–Crippen LogP) is -2.54. The second kappa shape index (κ2) is 25.3. The minimum absolute atomic E-state index is 0. The van der Waals surface area contributed by atoms with Crippen LogP contribution in [0.5, 0.6) is 0 Å². The molecule has 0 unspecified atom stereocenters. The van der Waals surface area contributed by atoms with Gasteiger partial charge >= 0.3 is 18.9 Å². The molecule has 0 aliphatic heterocycles. The van der Waals surface area contributed by atoms with E-state index in [0.717, 1.165) is 0 Å². The van der Waals surface area contributed by atoms with Crippen LogP contribution in [0.4, 0.5) is 0 Å². The summed E-state index contributed by atoms with van der Waals surface area (Å²) in [6.07, 6.45) is 0. The summed E-state index contributed by atoms with van der Waals surface area (Å²) in [5, 5.41) is 0. The molecule has 0 bridgehead atoms. The molecule has 0 fully saturated rings. The van der Waals surface area contributed by atoms with E-state index in [2.05, 4.69) is 0 Å². The summed E-state index contributed by atoms with van der Waals surface area (Å²) >= 11 is 0. The van der Waals surface area contributed by atoms with Crippen molar-refractivity contribution in [3.05, 3.63) is 0 Å². The Morgan fingerprint density at radius 2 is 1.00 bits per heavy atom. The van der Waals surface area contributed by atoms with Gasteiger partial charge in [-0.25, -0.2) is 0 Å². The molecule has 0 rings (SSSR count). The first-order chi connectivity index (χ1) is 0. The Hall–Kier alpha value is 1.44. The van der Waals surface area contributed by atoms with Gasteiger partial charge in [0.05, 0.1) is 0 Å². The van der Waals surface area contributed by atoms with E-state index < -0.39 is 0 Å². The van der Waals surface area contributed by atoms with Crippen molar-refractivity contribution in [1.82, 2.24) is 0 Å². The molecule has 0 aromatic heterocycles. The zero-order chi connectivity index (χ0) is 0. The molecule has 0 aliphatic carbocycles. The molecule has 0 radical (unpaired) electrons. The topological polar surface area (TPSA) is 31.5 Å². The fraction of sp³-hybridized carbons (Fsp3) is 0. The number of rotatable bonds is 0. The average Bonchev–Trinajstić information content (AvgIpc) is 0. The fourth-order valence-corrected chi connectivity index (χ4v) is 0. The van der Waals surface area contributed by atoms with Crippen LogP contribution in [0.25, 0.3) is 0 Å². The van der Waals surface area contributed by atoms with Crippen LogP contribution in [0.15, 0.2) is 0 Å². The summed E-state index contributed by atoms with van der Waals surface area (Å²) < 4.78 is 0. The Labute approximate surface area is 55.2 Å². The van der Waals surface area contributed by atoms with Gasteiger partial charge in [-0.3, -0.25) is 0 Å². The predicted molar refractivity (Wildman–Crippen MR) is 31.1 cm³/mol. The van der Waals surface area contributed by atoms with Crippen LogP contribution in [0.3, 0.4) is 0 Å². The molecule has 0 heterocycles. The molecule has 1 nitrogen and oxygen atoms in total. The molecule has 2 N–H and O–H groups in total. The fourth-order valence-electron chi connectivity index (χ4n) is 0. The van der Waals surface area contributed by atoms with Crippen molar-refractivity contribution in [2.75, 3.05) is 0 Å². The van der Waals surface area contributed by atoms with Crippen LogP contribution in [0.2, 0.25) is 0 Å². The summed E-state index contributed by atoms with van der Waals surface area (Å²) in [7, 11) is 0. The number of hydrogen-bond acceptors (Lipinski definition) is 0. The Kier molecular flexibility index (Phi) is 328. The zero-order valence-corrected chi connectivity index (χ0v) is 2.00. The summed E-state index contributed by atoms with van der Waals surface area (Å²) in [6.45, 7) is 0. The standard InChI is InChI=1S/Al.Li.H2O.H2S.4H/h;;2*1H2;;;;. The summed E-state index contributed by atoms with van der Waals surface area (Å²) in [6, 6.07) is 0. The molecule has 0 aliphatic rings. The van der Waals surface area contributed by atoms with E-state index in [-0.39, 0.29) is 55.2 Å². The van der Waals surface area contributed by atoms with Gasteiger partial charge in [0.2, 0.25) is 0 Å². The summed E-state index contributed by atoms with van der Waals surface area (Å²) in [5.41, 5.74) is 0. The molecule has 0 atom stereocenters. The third kappa shape index (κ3) is 9.88. The van der Waals surface area contributed by atoms with Gasteiger partial charge in [0.1, 0.15) is 0 Å². The van der Waals surface area contributed by atoms with Crippen molar-refractivity contribution in [3.63, 3.8) is 0 Å². The molecule has 0 spiro atoms. The first-order valence-corrected chi connectivity index (χ1v) is 0. The maximum atomic E-state index is 0. The van der Waals surface area contributed by atoms with E-state index in [9.17, 15) is 0 Å². The summed E-state index contributed by atoms with van der Waals surface area (Å²) in [5.74, 6) is 0. The first kappa shape index (κ1) is 51.7. The quantitative estimate of drug-likeness (QED) is 0.293. The molecule has 0 amide bonds. The van der Waals surface area contributed by atoms with Crippen molar-refractivity contribution in [1.29, 1.82) is 0 Å². The van der Waals surface area contributed by atoms with Gasteiger partial charge in [0.25, 0.3) is 0 Å². The molecule has 4 heavy (non-hydrogen) atoms. The van der Waals surface area contributed by atoms with Gasteiger partial charge < -0.3 is 5.48 Å². The molecule has 4 heteroatoms. The molecule has 0 saturated heterocycles. The van der Waals surface area contributed by atoms with Crippen molar-refractivity contribution in [2.45, 2.75) is 0 Å². The van der Waals surface area contributed by atoms with Crippen molar-refractivity contribution in [2.24, 2.45) is 0 Å². The van der Waals surface area contributed by atoms with E-state index in [1.54, 1.807) is 0 Å². The molecule has 0 aromatic rings. The van der Waals surface area contributed by atoms with Gasteiger partial charge in [-0.15, -0.1) is 0 Å².